The van der Waals surface area contributed by atoms with Crippen LogP contribution in [0.15, 0.2) is 24.3 Å². The van der Waals surface area contributed by atoms with Crippen LogP contribution in [0.25, 0.3) is 0 Å². The highest BCUT2D eigenvalue weighted by molar-refractivity contribution is 6.45. The van der Waals surface area contributed by atoms with E-state index in [1.165, 1.54) is 11.1 Å². The van der Waals surface area contributed by atoms with Gasteiger partial charge in [0.15, 0.2) is 12.4 Å². The van der Waals surface area contributed by atoms with Gasteiger partial charge in [0.2, 0.25) is 0 Å². The lowest BCUT2D eigenvalue weighted by Gasteiger charge is -2.23. The third kappa shape index (κ3) is 2.91. The molecule has 2 aliphatic carbocycles. The number of hydrogen-bond donors (Lipinski definition) is 1. The van der Waals surface area contributed by atoms with Crippen LogP contribution in [0.3, 0.4) is 0 Å². The van der Waals surface area contributed by atoms with Gasteiger partial charge < -0.3 is 9.84 Å². The van der Waals surface area contributed by atoms with Gasteiger partial charge in [0, 0.05) is 5.56 Å². The van der Waals surface area contributed by atoms with Gasteiger partial charge in [-0.1, -0.05) is 41.4 Å². The highest BCUT2D eigenvalue weighted by Crippen LogP contribution is 2.47. The summed E-state index contributed by atoms with van der Waals surface area (Å²) in [6.45, 7) is 1.40. The number of halogens is 2. The lowest BCUT2D eigenvalue weighted by Crippen LogP contribution is -2.29. The smallest absolute Gasteiger partial charge is 0.341 e. The molecule has 2 aromatic rings. The second-order valence-corrected chi connectivity index (χ2v) is 8.15. The summed E-state index contributed by atoms with van der Waals surface area (Å²) < 4.78 is 5.25. The molecule has 0 fully saturated rings. The fraction of sp³-hybridized carbons (Fsp3) is 0.333. The number of aryl methyl sites for hydroxylation is 2. The number of aliphatic carboxylic acids is 1. The molecule has 1 atom stereocenters. The van der Waals surface area contributed by atoms with Gasteiger partial charge in [-0.05, 0) is 60.9 Å². The Morgan fingerprint density at radius 2 is 1.89 bits per heavy atom. The Hall–Kier alpha value is -2.04. The molecular formula is C21H18Cl2O4. The van der Waals surface area contributed by atoms with E-state index in [-0.39, 0.29) is 21.6 Å². The van der Waals surface area contributed by atoms with Crippen molar-refractivity contribution in [2.24, 2.45) is 0 Å². The number of carbonyl (C=O) groups excluding carboxylic acids is 1. The van der Waals surface area contributed by atoms with E-state index in [2.05, 4.69) is 12.1 Å². The largest absolute Gasteiger partial charge is 0.480 e. The van der Waals surface area contributed by atoms with Crippen molar-refractivity contribution in [2.75, 3.05) is 6.61 Å². The van der Waals surface area contributed by atoms with Crippen LogP contribution >= 0.6 is 23.2 Å². The molecule has 4 nitrogen and oxygen atoms in total. The van der Waals surface area contributed by atoms with Crippen molar-refractivity contribution in [1.29, 1.82) is 0 Å². The molecule has 1 unspecified atom stereocenters. The molecule has 27 heavy (non-hydrogen) atoms. The average Bonchev–Trinajstić information content (AvgIpc) is 3.19. The van der Waals surface area contributed by atoms with Crippen molar-refractivity contribution in [2.45, 2.75) is 38.0 Å². The Kier molecular flexibility index (Phi) is 4.44. The zero-order chi connectivity index (χ0) is 19.3. The molecule has 1 N–H and O–H groups in total. The lowest BCUT2D eigenvalue weighted by atomic mass is 9.78. The van der Waals surface area contributed by atoms with Crippen molar-refractivity contribution in [3.05, 3.63) is 62.1 Å². The van der Waals surface area contributed by atoms with Gasteiger partial charge in [0.05, 0.1) is 10.4 Å². The van der Waals surface area contributed by atoms with Gasteiger partial charge >= 0.3 is 5.97 Å². The van der Waals surface area contributed by atoms with Crippen molar-refractivity contribution < 1.29 is 19.4 Å². The normalized spacial score (nSPS) is 20.5. The van der Waals surface area contributed by atoms with Gasteiger partial charge in [-0.25, -0.2) is 4.79 Å². The van der Waals surface area contributed by atoms with Gasteiger partial charge in [-0.2, -0.15) is 0 Å². The van der Waals surface area contributed by atoms with Crippen molar-refractivity contribution in [3.8, 4) is 5.75 Å². The van der Waals surface area contributed by atoms with Gasteiger partial charge in [-0.3, -0.25) is 4.79 Å². The quantitative estimate of drug-likeness (QED) is 0.805. The fourth-order valence-corrected chi connectivity index (χ4v) is 4.67. The Morgan fingerprint density at radius 3 is 2.63 bits per heavy atom. The summed E-state index contributed by atoms with van der Waals surface area (Å²) in [5, 5.41) is 9.03. The summed E-state index contributed by atoms with van der Waals surface area (Å²) >= 11 is 12.6. The number of ether oxygens (including phenoxy) is 1. The Labute approximate surface area is 167 Å². The second-order valence-electron chi connectivity index (χ2n) is 7.39. The molecular weight excluding hydrogens is 387 g/mol. The number of benzene rings is 2. The Bertz CT molecular complexity index is 983. The van der Waals surface area contributed by atoms with Crippen LogP contribution in [0.2, 0.25) is 10.0 Å². The predicted octanol–water partition coefficient (Wildman–Crippen LogP) is 4.64. The maximum atomic E-state index is 13.3. The third-order valence-electron chi connectivity index (χ3n) is 5.61. The molecule has 4 rings (SSSR count). The number of ketones is 1. The standard InChI is InChI=1S/C21H18Cl2O4/c1-21(14-6-5-11-3-2-4-12(11)7-14)9-13-8-15(27-10-16(24)25)18(22)19(23)17(13)20(21)26/h5-8H,2-4,9-10H2,1H3,(H,24,25). The van der Waals surface area contributed by atoms with E-state index in [0.29, 0.717) is 12.0 Å². The molecule has 0 saturated carbocycles. The highest BCUT2D eigenvalue weighted by atomic mass is 35.5. The lowest BCUT2D eigenvalue weighted by molar-refractivity contribution is -0.139. The monoisotopic (exact) mass is 404 g/mol. The van der Waals surface area contributed by atoms with Crippen LogP contribution in [0.5, 0.6) is 5.75 Å². The van der Waals surface area contributed by atoms with E-state index < -0.39 is 18.0 Å². The van der Waals surface area contributed by atoms with Gasteiger partial charge in [0.25, 0.3) is 0 Å². The van der Waals surface area contributed by atoms with E-state index in [9.17, 15) is 9.59 Å². The minimum Gasteiger partial charge on any atom is -0.480 e. The van der Waals surface area contributed by atoms with E-state index in [1.807, 2.05) is 13.0 Å². The minimum absolute atomic E-state index is 0.0628. The SMILES string of the molecule is CC1(c2ccc3c(c2)CCC3)Cc2cc(OCC(=O)O)c(Cl)c(Cl)c2C1=O. The maximum absolute atomic E-state index is 13.3. The molecule has 2 aromatic carbocycles. The molecule has 0 spiro atoms. The maximum Gasteiger partial charge on any atom is 0.341 e. The number of carboxylic acid groups (broad SMARTS) is 1. The molecule has 0 aromatic heterocycles. The zero-order valence-corrected chi connectivity index (χ0v) is 16.3. The summed E-state index contributed by atoms with van der Waals surface area (Å²) in [4.78, 5) is 24.1. The van der Waals surface area contributed by atoms with Crippen LogP contribution in [0.4, 0.5) is 0 Å². The molecule has 0 saturated heterocycles. The Balaban J connectivity index is 1.75. The molecule has 0 aliphatic heterocycles. The number of rotatable bonds is 4. The second kappa shape index (κ2) is 6.54. The molecule has 0 radical (unpaired) electrons. The van der Waals surface area contributed by atoms with E-state index in [1.54, 1.807) is 6.07 Å². The predicted molar refractivity (Wildman–Crippen MR) is 103 cm³/mol. The van der Waals surface area contributed by atoms with Crippen molar-refractivity contribution in [3.63, 3.8) is 0 Å². The molecule has 0 heterocycles. The topological polar surface area (TPSA) is 63.6 Å². The van der Waals surface area contributed by atoms with Crippen LogP contribution in [0, 0.1) is 0 Å². The first-order chi connectivity index (χ1) is 12.8. The highest BCUT2D eigenvalue weighted by Gasteiger charge is 2.45. The zero-order valence-electron chi connectivity index (χ0n) is 14.8. The van der Waals surface area contributed by atoms with E-state index >= 15 is 0 Å². The van der Waals surface area contributed by atoms with Crippen molar-refractivity contribution in [1.82, 2.24) is 0 Å². The van der Waals surface area contributed by atoms with Gasteiger partial charge in [-0.15, -0.1) is 0 Å². The summed E-state index contributed by atoms with van der Waals surface area (Å²) in [6.07, 6.45) is 3.75. The van der Waals surface area contributed by atoms with Crippen LogP contribution in [0.1, 0.15) is 46.0 Å². The molecule has 0 amide bonds. The van der Waals surface area contributed by atoms with Crippen molar-refractivity contribution >= 4 is 35.0 Å². The van der Waals surface area contributed by atoms with Gasteiger partial charge in [0.1, 0.15) is 10.8 Å². The number of Topliss-reactive ketones (excluding diaryl/α,β-unsaturated/α-hetero) is 1. The number of carbonyl (C=O) groups is 2. The van der Waals surface area contributed by atoms with Crippen LogP contribution in [-0.2, 0) is 29.5 Å². The first kappa shape index (κ1) is 18.3. The Morgan fingerprint density at radius 1 is 1.15 bits per heavy atom. The van der Waals surface area contributed by atoms with E-state index in [4.69, 9.17) is 33.0 Å². The summed E-state index contributed by atoms with van der Waals surface area (Å²) in [5.41, 5.74) is 4.07. The average molecular weight is 405 g/mol. The number of fused-ring (bicyclic) bond motifs is 2. The summed E-state index contributed by atoms with van der Waals surface area (Å²) in [7, 11) is 0. The molecule has 0 bridgehead atoms. The summed E-state index contributed by atoms with van der Waals surface area (Å²) in [5.74, 6) is -0.984. The molecule has 6 heteroatoms. The van der Waals surface area contributed by atoms with Crippen LogP contribution < -0.4 is 4.74 Å². The minimum atomic E-state index is -1.11. The number of hydrogen-bond acceptors (Lipinski definition) is 3. The van der Waals surface area contributed by atoms with Crippen LogP contribution in [-0.4, -0.2) is 23.5 Å². The first-order valence-electron chi connectivity index (χ1n) is 8.84. The van der Waals surface area contributed by atoms with E-state index in [0.717, 1.165) is 30.4 Å². The third-order valence-corrected chi connectivity index (χ3v) is 6.46. The fourth-order valence-electron chi connectivity index (χ4n) is 4.17. The summed E-state index contributed by atoms with van der Waals surface area (Å²) in [6, 6.07) is 7.94. The first-order valence-corrected chi connectivity index (χ1v) is 9.59. The number of carboxylic acids is 1. The molecule has 140 valence electrons. The molecule has 2 aliphatic rings.